The number of unbranched alkanes of at least 4 members (excludes halogenated alkanes) is 1. The van der Waals surface area contributed by atoms with Crippen molar-refractivity contribution in [2.75, 3.05) is 11.9 Å². The van der Waals surface area contributed by atoms with Gasteiger partial charge in [0.1, 0.15) is 0 Å². The zero-order valence-electron chi connectivity index (χ0n) is 15.9. The fourth-order valence-corrected chi connectivity index (χ4v) is 4.65. The fraction of sp³-hybridized carbons (Fsp3) is 0.500. The smallest absolute Gasteiger partial charge is 0.269 e. The summed E-state index contributed by atoms with van der Waals surface area (Å²) >= 11 is 0.841. The van der Waals surface area contributed by atoms with Crippen LogP contribution in [0.15, 0.2) is 28.6 Å². The highest BCUT2D eigenvalue weighted by Crippen LogP contribution is 2.21. The van der Waals surface area contributed by atoms with Crippen molar-refractivity contribution in [3.63, 3.8) is 0 Å². The summed E-state index contributed by atoms with van der Waals surface area (Å²) < 4.78 is 27.3. The summed E-state index contributed by atoms with van der Waals surface area (Å²) in [5, 5.41) is 10.3. The molecule has 2 aromatic rings. The molecule has 0 fully saturated rings. The van der Waals surface area contributed by atoms with E-state index < -0.39 is 10.0 Å². The maximum Gasteiger partial charge on any atom is 0.269 e. The highest BCUT2D eigenvalue weighted by Gasteiger charge is 2.22. The largest absolute Gasteiger partial charge is 0.296 e. The minimum atomic E-state index is -3.73. The summed E-state index contributed by atoms with van der Waals surface area (Å²) in [5.41, 5.74) is 1.34. The van der Waals surface area contributed by atoms with Gasteiger partial charge in [0, 0.05) is 12.1 Å². The number of carbonyl (C=O) groups excluding carboxylic acids is 1. The normalized spacial score (nSPS) is 12.7. The minimum absolute atomic E-state index is 0.145. The van der Waals surface area contributed by atoms with Crippen LogP contribution in [0.25, 0.3) is 0 Å². The van der Waals surface area contributed by atoms with Crippen LogP contribution < -0.4 is 10.0 Å². The molecule has 7 nitrogen and oxygen atoms in total. The Kier molecular flexibility index (Phi) is 7.88. The molecule has 1 aromatic heterocycles. The highest BCUT2D eigenvalue weighted by molar-refractivity contribution is 7.91. The van der Waals surface area contributed by atoms with Gasteiger partial charge in [0.2, 0.25) is 9.47 Å². The van der Waals surface area contributed by atoms with Crippen molar-refractivity contribution < 1.29 is 13.2 Å². The molecular formula is C18H26N4O3S2. The van der Waals surface area contributed by atoms with Gasteiger partial charge in [-0.1, -0.05) is 62.6 Å². The third kappa shape index (κ3) is 6.08. The van der Waals surface area contributed by atoms with Crippen LogP contribution in [-0.4, -0.2) is 31.1 Å². The molecule has 0 saturated heterocycles. The van der Waals surface area contributed by atoms with E-state index in [-0.39, 0.29) is 15.4 Å². The Hall–Kier alpha value is -1.84. The van der Waals surface area contributed by atoms with Crippen molar-refractivity contribution in [3.05, 3.63) is 35.4 Å². The number of hydrogen-bond acceptors (Lipinski definition) is 6. The molecule has 0 unspecified atom stereocenters. The molecule has 0 saturated carbocycles. The molecule has 27 heavy (non-hydrogen) atoms. The maximum absolute atomic E-state index is 12.4. The first-order valence-corrected chi connectivity index (χ1v) is 11.4. The molecule has 148 valence electrons. The second-order valence-electron chi connectivity index (χ2n) is 6.41. The maximum atomic E-state index is 12.4. The van der Waals surface area contributed by atoms with Gasteiger partial charge in [-0.15, -0.1) is 10.2 Å². The molecule has 1 atom stereocenters. The number of hydrogen-bond donors (Lipinski definition) is 2. The first-order valence-electron chi connectivity index (χ1n) is 9.07. The molecule has 0 aliphatic heterocycles. The van der Waals surface area contributed by atoms with E-state index in [2.05, 4.69) is 34.1 Å². The number of aromatic nitrogens is 2. The predicted octanol–water partition coefficient (Wildman–Crippen LogP) is 3.59. The van der Waals surface area contributed by atoms with Gasteiger partial charge in [-0.25, -0.2) is 13.1 Å². The third-order valence-electron chi connectivity index (χ3n) is 4.35. The Morgan fingerprint density at radius 2 is 1.96 bits per heavy atom. The van der Waals surface area contributed by atoms with E-state index >= 15 is 0 Å². The Labute approximate surface area is 164 Å². The zero-order chi connectivity index (χ0) is 19.9. The first kappa shape index (κ1) is 21.5. The van der Waals surface area contributed by atoms with E-state index in [0.29, 0.717) is 18.0 Å². The Morgan fingerprint density at radius 3 is 2.63 bits per heavy atom. The molecule has 9 heteroatoms. The van der Waals surface area contributed by atoms with Crippen LogP contribution in [0.2, 0.25) is 0 Å². The molecule has 0 bridgehead atoms. The lowest BCUT2D eigenvalue weighted by Gasteiger charge is -2.14. The second-order valence-corrected chi connectivity index (χ2v) is 9.33. The lowest BCUT2D eigenvalue weighted by atomic mass is 10.00. The average molecular weight is 411 g/mol. The van der Waals surface area contributed by atoms with E-state index in [9.17, 15) is 13.2 Å². The monoisotopic (exact) mass is 410 g/mol. The quantitative estimate of drug-likeness (QED) is 0.583. The van der Waals surface area contributed by atoms with Crippen molar-refractivity contribution in [1.82, 2.24) is 14.9 Å². The Bertz CT molecular complexity index is 865. The SMILES string of the molecule is CCCC[C@@H](CC)CNS(=O)(=O)c1nnc(NC(=O)c2ccccc2C)s1. The van der Waals surface area contributed by atoms with Crippen LogP contribution in [0.1, 0.15) is 55.5 Å². The average Bonchev–Trinajstić information content (AvgIpc) is 3.11. The second kappa shape index (κ2) is 9.91. The van der Waals surface area contributed by atoms with E-state index in [1.807, 2.05) is 19.1 Å². The van der Waals surface area contributed by atoms with Gasteiger partial charge in [0.05, 0.1) is 0 Å². The van der Waals surface area contributed by atoms with E-state index in [1.165, 1.54) is 0 Å². The molecule has 2 N–H and O–H groups in total. The Balaban J connectivity index is 2.01. The van der Waals surface area contributed by atoms with E-state index in [4.69, 9.17) is 0 Å². The van der Waals surface area contributed by atoms with Gasteiger partial charge in [0.25, 0.3) is 15.9 Å². The van der Waals surface area contributed by atoms with Gasteiger partial charge in [-0.05, 0) is 30.9 Å². The number of sulfonamides is 1. The Morgan fingerprint density at radius 1 is 1.22 bits per heavy atom. The van der Waals surface area contributed by atoms with Gasteiger partial charge >= 0.3 is 0 Å². The van der Waals surface area contributed by atoms with Crippen LogP contribution in [0.5, 0.6) is 0 Å². The number of carbonyl (C=O) groups is 1. The number of amides is 1. The number of rotatable bonds is 10. The van der Waals surface area contributed by atoms with Gasteiger partial charge in [0.15, 0.2) is 0 Å². The summed E-state index contributed by atoms with van der Waals surface area (Å²) in [7, 11) is -3.73. The van der Waals surface area contributed by atoms with Gasteiger partial charge in [-0.3, -0.25) is 10.1 Å². The molecular weight excluding hydrogens is 384 g/mol. The van der Waals surface area contributed by atoms with Crippen LogP contribution in [0.3, 0.4) is 0 Å². The van der Waals surface area contributed by atoms with Crippen LogP contribution >= 0.6 is 11.3 Å². The number of nitrogens with zero attached hydrogens (tertiary/aromatic N) is 2. The molecule has 2 rings (SSSR count). The van der Waals surface area contributed by atoms with E-state index in [0.717, 1.165) is 42.6 Å². The lowest BCUT2D eigenvalue weighted by Crippen LogP contribution is -2.29. The number of aryl methyl sites for hydroxylation is 1. The molecule has 0 spiro atoms. The standard InChI is InChI=1S/C18H26N4O3S2/c1-4-6-10-14(5-2)12-19-27(24,25)18-22-21-17(26-18)20-16(23)15-11-8-7-9-13(15)3/h7-9,11,14,19H,4-6,10,12H2,1-3H3,(H,20,21,23)/t14-/m1/s1. The highest BCUT2D eigenvalue weighted by atomic mass is 32.2. The lowest BCUT2D eigenvalue weighted by molar-refractivity contribution is 0.102. The van der Waals surface area contributed by atoms with Crippen LogP contribution in [-0.2, 0) is 10.0 Å². The number of nitrogens with one attached hydrogen (secondary N) is 2. The van der Waals surface area contributed by atoms with Crippen molar-refractivity contribution in [2.45, 2.75) is 50.8 Å². The zero-order valence-corrected chi connectivity index (χ0v) is 17.5. The summed E-state index contributed by atoms with van der Waals surface area (Å²) in [6, 6.07) is 7.14. The summed E-state index contributed by atoms with van der Waals surface area (Å²) in [5.74, 6) is -0.0420. The molecule has 1 aromatic carbocycles. The third-order valence-corrected chi connectivity index (χ3v) is 6.98. The van der Waals surface area contributed by atoms with Crippen molar-refractivity contribution in [3.8, 4) is 0 Å². The predicted molar refractivity (Wildman–Crippen MR) is 108 cm³/mol. The van der Waals surface area contributed by atoms with Crippen LogP contribution in [0.4, 0.5) is 5.13 Å². The minimum Gasteiger partial charge on any atom is -0.296 e. The molecule has 0 radical (unpaired) electrons. The molecule has 0 aliphatic carbocycles. The molecule has 1 heterocycles. The van der Waals surface area contributed by atoms with E-state index in [1.54, 1.807) is 12.1 Å². The van der Waals surface area contributed by atoms with Gasteiger partial charge in [-0.2, -0.15) is 0 Å². The summed E-state index contributed by atoms with van der Waals surface area (Å²) in [6.45, 7) is 6.38. The number of anilines is 1. The fourth-order valence-electron chi connectivity index (χ4n) is 2.59. The van der Waals surface area contributed by atoms with Crippen molar-refractivity contribution in [2.24, 2.45) is 5.92 Å². The molecule has 0 aliphatic rings. The van der Waals surface area contributed by atoms with Crippen LogP contribution in [0, 0.1) is 12.8 Å². The van der Waals surface area contributed by atoms with Crippen molar-refractivity contribution in [1.29, 1.82) is 0 Å². The number of benzene rings is 1. The first-order chi connectivity index (χ1) is 12.9. The topological polar surface area (TPSA) is 101 Å². The summed E-state index contributed by atoms with van der Waals surface area (Å²) in [6.07, 6.45) is 4.07. The summed E-state index contributed by atoms with van der Waals surface area (Å²) in [4.78, 5) is 12.3. The molecule has 1 amide bonds. The van der Waals surface area contributed by atoms with Gasteiger partial charge < -0.3 is 0 Å². The van der Waals surface area contributed by atoms with Crippen molar-refractivity contribution >= 4 is 32.4 Å².